The second-order valence-corrected chi connectivity index (χ2v) is 6.51. The number of carbonyl (C=O) groups excluding carboxylic acids is 2. The monoisotopic (exact) mass is 380 g/mol. The zero-order valence-corrected chi connectivity index (χ0v) is 14.4. The summed E-state index contributed by atoms with van der Waals surface area (Å²) in [6, 6.07) is 4.55. The normalized spacial score (nSPS) is 13.6. The van der Waals surface area contributed by atoms with Crippen LogP contribution in [0.3, 0.4) is 0 Å². The molecule has 0 atom stereocenters. The first-order valence-electron chi connectivity index (χ1n) is 7.26. The molecule has 0 bridgehead atoms. The molecular weight excluding hydrogens is 368 g/mol. The standard InChI is InChI=1S/C15H13ClN4O4S/c16-10-2-1-8(20-4-3-17-15(20)24)5-9(10)13(21)18-6-12-19-11(7-25-12)14(22)23/h1-2,5,7H,3-4,6H2,(H,17,24)(H,18,21)(H,22,23). The van der Waals surface area contributed by atoms with Gasteiger partial charge in [0.1, 0.15) is 5.01 Å². The number of hydrogen-bond donors (Lipinski definition) is 3. The second kappa shape index (κ2) is 7.08. The van der Waals surface area contributed by atoms with Crippen molar-refractivity contribution in [2.45, 2.75) is 6.54 Å². The highest BCUT2D eigenvalue weighted by atomic mass is 35.5. The van der Waals surface area contributed by atoms with Gasteiger partial charge in [-0.05, 0) is 18.2 Å². The molecule has 1 aliphatic heterocycles. The van der Waals surface area contributed by atoms with Gasteiger partial charge < -0.3 is 15.7 Å². The number of thiazole rings is 1. The van der Waals surface area contributed by atoms with Crippen molar-refractivity contribution in [2.24, 2.45) is 0 Å². The van der Waals surface area contributed by atoms with E-state index in [0.717, 1.165) is 11.3 Å². The summed E-state index contributed by atoms with van der Waals surface area (Å²) in [7, 11) is 0. The van der Waals surface area contributed by atoms with Gasteiger partial charge in [0.15, 0.2) is 5.69 Å². The number of urea groups is 1. The van der Waals surface area contributed by atoms with Crippen LogP contribution >= 0.6 is 22.9 Å². The summed E-state index contributed by atoms with van der Waals surface area (Å²) >= 11 is 7.23. The molecule has 3 rings (SSSR count). The Morgan fingerprint density at radius 3 is 2.88 bits per heavy atom. The minimum absolute atomic E-state index is 0.0608. The van der Waals surface area contributed by atoms with Crippen molar-refractivity contribution in [1.82, 2.24) is 15.6 Å². The third kappa shape index (κ3) is 3.72. The van der Waals surface area contributed by atoms with Crippen LogP contribution in [0.1, 0.15) is 25.9 Å². The van der Waals surface area contributed by atoms with E-state index in [0.29, 0.717) is 23.8 Å². The number of rotatable bonds is 5. The van der Waals surface area contributed by atoms with Crippen LogP contribution < -0.4 is 15.5 Å². The topological polar surface area (TPSA) is 112 Å². The van der Waals surface area contributed by atoms with Gasteiger partial charge in [0.25, 0.3) is 5.91 Å². The van der Waals surface area contributed by atoms with E-state index in [-0.39, 0.29) is 28.9 Å². The van der Waals surface area contributed by atoms with Gasteiger partial charge >= 0.3 is 12.0 Å². The predicted molar refractivity (Wildman–Crippen MR) is 92.4 cm³/mol. The lowest BCUT2D eigenvalue weighted by Crippen LogP contribution is -2.28. The predicted octanol–water partition coefficient (Wildman–Crippen LogP) is 1.95. The van der Waals surface area contributed by atoms with E-state index in [1.165, 1.54) is 10.3 Å². The smallest absolute Gasteiger partial charge is 0.355 e. The molecule has 25 heavy (non-hydrogen) atoms. The molecule has 0 aliphatic carbocycles. The molecule has 1 saturated heterocycles. The zero-order chi connectivity index (χ0) is 18.0. The zero-order valence-electron chi connectivity index (χ0n) is 12.8. The summed E-state index contributed by atoms with van der Waals surface area (Å²) in [6.45, 7) is 1.14. The first-order chi connectivity index (χ1) is 12.0. The Morgan fingerprint density at radius 2 is 2.24 bits per heavy atom. The number of benzene rings is 1. The SMILES string of the molecule is O=C(O)c1csc(CNC(=O)c2cc(N3CCNC3=O)ccc2Cl)n1. The molecule has 1 aromatic heterocycles. The lowest BCUT2D eigenvalue weighted by atomic mass is 10.1. The quantitative estimate of drug-likeness (QED) is 0.734. The number of carboxylic acids is 1. The Morgan fingerprint density at radius 1 is 1.44 bits per heavy atom. The number of aromatic carboxylic acids is 1. The van der Waals surface area contributed by atoms with Crippen LogP contribution in [0, 0.1) is 0 Å². The molecule has 0 unspecified atom stereocenters. The number of aromatic nitrogens is 1. The highest BCUT2D eigenvalue weighted by Gasteiger charge is 2.23. The fraction of sp³-hybridized carbons (Fsp3) is 0.200. The number of carbonyl (C=O) groups is 3. The number of anilines is 1. The van der Waals surface area contributed by atoms with Crippen molar-refractivity contribution >= 4 is 46.5 Å². The van der Waals surface area contributed by atoms with Gasteiger partial charge in [0.05, 0.1) is 17.1 Å². The average molecular weight is 381 g/mol. The van der Waals surface area contributed by atoms with E-state index in [1.54, 1.807) is 18.2 Å². The molecule has 10 heteroatoms. The Bertz CT molecular complexity index is 854. The van der Waals surface area contributed by atoms with E-state index < -0.39 is 11.9 Å². The summed E-state index contributed by atoms with van der Waals surface area (Å²) in [5, 5.41) is 16.3. The molecule has 8 nitrogen and oxygen atoms in total. The number of nitrogens with one attached hydrogen (secondary N) is 2. The van der Waals surface area contributed by atoms with Crippen LogP contribution in [-0.2, 0) is 6.54 Å². The molecule has 2 aromatic rings. The van der Waals surface area contributed by atoms with Gasteiger partial charge in [-0.1, -0.05) is 11.6 Å². The number of carboxylic acid groups (broad SMARTS) is 1. The lowest BCUT2D eigenvalue weighted by molar-refractivity contribution is 0.0691. The second-order valence-electron chi connectivity index (χ2n) is 5.16. The summed E-state index contributed by atoms with van der Waals surface area (Å²) in [6.07, 6.45) is 0. The number of hydrogen-bond acceptors (Lipinski definition) is 5. The number of amides is 3. The minimum Gasteiger partial charge on any atom is -0.476 e. The van der Waals surface area contributed by atoms with Crippen LogP contribution in [0.25, 0.3) is 0 Å². The van der Waals surface area contributed by atoms with Gasteiger partial charge in [-0.2, -0.15) is 0 Å². The average Bonchev–Trinajstić information content (AvgIpc) is 3.22. The lowest BCUT2D eigenvalue weighted by Gasteiger charge is -2.16. The van der Waals surface area contributed by atoms with E-state index in [9.17, 15) is 14.4 Å². The Labute approximate surface area is 151 Å². The maximum Gasteiger partial charge on any atom is 0.355 e. The number of halogens is 1. The maximum atomic E-state index is 12.4. The van der Waals surface area contributed by atoms with E-state index >= 15 is 0 Å². The van der Waals surface area contributed by atoms with Gasteiger partial charge in [-0.3, -0.25) is 9.69 Å². The molecule has 0 saturated carbocycles. The summed E-state index contributed by atoms with van der Waals surface area (Å²) < 4.78 is 0. The van der Waals surface area contributed by atoms with E-state index in [4.69, 9.17) is 16.7 Å². The molecule has 1 aromatic carbocycles. The van der Waals surface area contributed by atoms with Crippen molar-refractivity contribution in [3.63, 3.8) is 0 Å². The van der Waals surface area contributed by atoms with Gasteiger partial charge in [-0.25, -0.2) is 14.6 Å². The van der Waals surface area contributed by atoms with Gasteiger partial charge in [-0.15, -0.1) is 11.3 Å². The summed E-state index contributed by atoms with van der Waals surface area (Å²) in [5.74, 6) is -1.55. The Hall–Kier alpha value is -2.65. The molecule has 0 spiro atoms. The minimum atomic E-state index is -1.12. The maximum absolute atomic E-state index is 12.4. The molecule has 1 aliphatic rings. The molecular formula is C15H13ClN4O4S. The Kier molecular flexibility index (Phi) is 4.86. The van der Waals surface area contributed by atoms with Crippen LogP contribution in [0.4, 0.5) is 10.5 Å². The summed E-state index contributed by atoms with van der Waals surface area (Å²) in [5.41, 5.74) is 0.746. The highest BCUT2D eigenvalue weighted by Crippen LogP contribution is 2.24. The highest BCUT2D eigenvalue weighted by molar-refractivity contribution is 7.09. The fourth-order valence-corrected chi connectivity index (χ4v) is 3.23. The molecule has 0 radical (unpaired) electrons. The van der Waals surface area contributed by atoms with Crippen molar-refractivity contribution in [1.29, 1.82) is 0 Å². The number of nitrogens with zero attached hydrogens (tertiary/aromatic N) is 2. The molecule has 3 amide bonds. The Balaban J connectivity index is 1.72. The first-order valence-corrected chi connectivity index (χ1v) is 8.52. The van der Waals surface area contributed by atoms with Crippen molar-refractivity contribution in [3.05, 3.63) is 44.9 Å². The van der Waals surface area contributed by atoms with Crippen molar-refractivity contribution < 1.29 is 19.5 Å². The first kappa shape index (κ1) is 17.2. The molecule has 2 heterocycles. The fourth-order valence-electron chi connectivity index (χ4n) is 2.31. The largest absolute Gasteiger partial charge is 0.476 e. The van der Waals surface area contributed by atoms with E-state index in [2.05, 4.69) is 15.6 Å². The van der Waals surface area contributed by atoms with Crippen LogP contribution in [0.15, 0.2) is 23.6 Å². The molecule has 1 fully saturated rings. The van der Waals surface area contributed by atoms with E-state index in [1.807, 2.05) is 0 Å². The third-order valence-corrected chi connectivity index (χ3v) is 4.71. The van der Waals surface area contributed by atoms with Crippen LogP contribution in [-0.4, -0.2) is 41.1 Å². The van der Waals surface area contributed by atoms with Crippen LogP contribution in [0.5, 0.6) is 0 Å². The van der Waals surface area contributed by atoms with Crippen molar-refractivity contribution in [2.75, 3.05) is 18.0 Å². The van der Waals surface area contributed by atoms with Crippen LogP contribution in [0.2, 0.25) is 5.02 Å². The third-order valence-electron chi connectivity index (χ3n) is 3.53. The van der Waals surface area contributed by atoms with Crippen molar-refractivity contribution in [3.8, 4) is 0 Å². The molecule has 3 N–H and O–H groups in total. The van der Waals surface area contributed by atoms with Gasteiger partial charge in [0, 0.05) is 24.2 Å². The van der Waals surface area contributed by atoms with Gasteiger partial charge in [0.2, 0.25) is 0 Å². The summed E-state index contributed by atoms with van der Waals surface area (Å²) in [4.78, 5) is 40.3. The molecule has 130 valence electrons.